The van der Waals surface area contributed by atoms with Gasteiger partial charge < -0.3 is 10.4 Å². The van der Waals surface area contributed by atoms with Crippen LogP contribution < -0.4 is 5.32 Å². The van der Waals surface area contributed by atoms with E-state index >= 15 is 0 Å². The van der Waals surface area contributed by atoms with E-state index in [-0.39, 0.29) is 11.8 Å². The average Bonchev–Trinajstić information content (AvgIpc) is 2.60. The van der Waals surface area contributed by atoms with Gasteiger partial charge in [-0.3, -0.25) is 4.79 Å². The lowest BCUT2D eigenvalue weighted by Gasteiger charge is -2.24. The molecule has 0 saturated heterocycles. The van der Waals surface area contributed by atoms with Crippen LogP contribution in [0.15, 0.2) is 0 Å². The lowest BCUT2D eigenvalue weighted by molar-refractivity contribution is -0.126. The first-order valence-electron chi connectivity index (χ1n) is 7.20. The minimum atomic E-state index is -0.611. The van der Waals surface area contributed by atoms with Gasteiger partial charge in [0, 0.05) is 12.5 Å². The molecule has 1 amide bonds. The van der Waals surface area contributed by atoms with Crippen LogP contribution in [0.4, 0.5) is 0 Å². The van der Waals surface area contributed by atoms with Gasteiger partial charge >= 0.3 is 0 Å². The molecule has 17 heavy (non-hydrogen) atoms. The summed E-state index contributed by atoms with van der Waals surface area (Å²) in [5, 5.41) is 13.2. The van der Waals surface area contributed by atoms with Crippen molar-refractivity contribution in [2.75, 3.05) is 6.54 Å². The molecule has 2 rings (SSSR count). The molecule has 2 aliphatic rings. The molecule has 2 N–H and O–H groups in total. The molecular weight excluding hydrogens is 214 g/mol. The minimum Gasteiger partial charge on any atom is -0.388 e. The molecule has 0 spiro atoms. The summed E-state index contributed by atoms with van der Waals surface area (Å²) < 4.78 is 0. The van der Waals surface area contributed by atoms with Crippen LogP contribution in [0.1, 0.15) is 64.2 Å². The zero-order chi connectivity index (χ0) is 12.1. The number of hydrogen-bond donors (Lipinski definition) is 2. The molecule has 98 valence electrons. The Morgan fingerprint density at radius 1 is 1.06 bits per heavy atom. The number of carbonyl (C=O) groups excluding carboxylic acids is 1. The molecule has 0 aromatic heterocycles. The Balaban J connectivity index is 1.75. The van der Waals surface area contributed by atoms with Crippen molar-refractivity contribution in [3.05, 3.63) is 0 Å². The molecular formula is C14H25NO2. The zero-order valence-corrected chi connectivity index (χ0v) is 10.7. The second-order valence-corrected chi connectivity index (χ2v) is 5.84. The Morgan fingerprint density at radius 2 is 1.65 bits per heavy atom. The van der Waals surface area contributed by atoms with E-state index in [2.05, 4.69) is 5.32 Å². The van der Waals surface area contributed by atoms with Crippen molar-refractivity contribution in [1.82, 2.24) is 5.32 Å². The largest absolute Gasteiger partial charge is 0.388 e. The Kier molecular flexibility index (Phi) is 4.43. The second-order valence-electron chi connectivity index (χ2n) is 5.84. The highest BCUT2D eigenvalue weighted by Crippen LogP contribution is 2.29. The number of aliphatic hydroxyl groups is 1. The minimum absolute atomic E-state index is 0.173. The smallest absolute Gasteiger partial charge is 0.223 e. The summed E-state index contributed by atoms with van der Waals surface area (Å²) in [6.07, 6.45) is 10.8. The van der Waals surface area contributed by atoms with Crippen molar-refractivity contribution in [3.8, 4) is 0 Å². The molecule has 0 radical (unpaired) electrons. The normalized spacial score (nSPS) is 25.5. The molecule has 2 aliphatic carbocycles. The van der Waals surface area contributed by atoms with Gasteiger partial charge in [0.15, 0.2) is 0 Å². The second kappa shape index (κ2) is 5.85. The fourth-order valence-electron chi connectivity index (χ4n) is 3.15. The fourth-order valence-corrected chi connectivity index (χ4v) is 3.15. The maximum absolute atomic E-state index is 12.0. The average molecular weight is 239 g/mol. The summed E-state index contributed by atoms with van der Waals surface area (Å²) in [4.78, 5) is 12.0. The summed E-state index contributed by atoms with van der Waals surface area (Å²) in [5.41, 5.74) is -0.611. The van der Waals surface area contributed by atoms with Crippen LogP contribution >= 0.6 is 0 Å². The van der Waals surface area contributed by atoms with Crippen LogP contribution in [0.2, 0.25) is 0 Å². The standard InChI is InChI=1S/C14H25NO2/c16-13(12-7-3-1-2-4-8-12)15-11-14(17)9-5-6-10-14/h12,17H,1-11H2,(H,15,16). The molecule has 3 heteroatoms. The van der Waals surface area contributed by atoms with Gasteiger partial charge in [-0.1, -0.05) is 38.5 Å². The molecule has 3 nitrogen and oxygen atoms in total. The van der Waals surface area contributed by atoms with E-state index in [1.54, 1.807) is 0 Å². The first-order chi connectivity index (χ1) is 8.20. The topological polar surface area (TPSA) is 49.3 Å². The van der Waals surface area contributed by atoms with Crippen molar-refractivity contribution in [2.45, 2.75) is 69.8 Å². The van der Waals surface area contributed by atoms with Gasteiger partial charge in [-0.25, -0.2) is 0 Å². The summed E-state index contributed by atoms with van der Waals surface area (Å²) in [5.74, 6) is 0.370. The highest BCUT2D eigenvalue weighted by atomic mass is 16.3. The summed E-state index contributed by atoms with van der Waals surface area (Å²) in [7, 11) is 0. The predicted molar refractivity (Wildman–Crippen MR) is 67.6 cm³/mol. The van der Waals surface area contributed by atoms with Crippen LogP contribution in [-0.4, -0.2) is 23.2 Å². The van der Waals surface area contributed by atoms with E-state index < -0.39 is 5.60 Å². The van der Waals surface area contributed by atoms with E-state index in [1.807, 2.05) is 0 Å². The van der Waals surface area contributed by atoms with Crippen molar-refractivity contribution in [3.63, 3.8) is 0 Å². The first kappa shape index (κ1) is 12.9. The molecule has 0 bridgehead atoms. The lowest BCUT2D eigenvalue weighted by atomic mass is 9.98. The Hall–Kier alpha value is -0.570. The lowest BCUT2D eigenvalue weighted by Crippen LogP contribution is -2.43. The van der Waals surface area contributed by atoms with E-state index in [9.17, 15) is 9.90 Å². The summed E-state index contributed by atoms with van der Waals surface area (Å²) in [6, 6.07) is 0. The van der Waals surface area contributed by atoms with Gasteiger partial charge in [0.25, 0.3) is 0 Å². The number of nitrogens with one attached hydrogen (secondary N) is 1. The number of carbonyl (C=O) groups is 1. The predicted octanol–water partition coefficient (Wildman–Crippen LogP) is 2.38. The van der Waals surface area contributed by atoms with E-state index in [4.69, 9.17) is 0 Å². The Labute approximate surface area is 104 Å². The summed E-state index contributed by atoms with van der Waals surface area (Å²) >= 11 is 0. The van der Waals surface area contributed by atoms with Crippen LogP contribution in [-0.2, 0) is 4.79 Å². The maximum Gasteiger partial charge on any atom is 0.223 e. The van der Waals surface area contributed by atoms with Crippen molar-refractivity contribution < 1.29 is 9.90 Å². The third kappa shape index (κ3) is 3.70. The van der Waals surface area contributed by atoms with Crippen LogP contribution in [0.25, 0.3) is 0 Å². The maximum atomic E-state index is 12.0. The molecule has 2 fully saturated rings. The number of amides is 1. The van der Waals surface area contributed by atoms with Crippen LogP contribution in [0.3, 0.4) is 0 Å². The van der Waals surface area contributed by atoms with Gasteiger partial charge in [-0.15, -0.1) is 0 Å². The SMILES string of the molecule is O=C(NCC1(O)CCCC1)C1CCCCCC1. The van der Waals surface area contributed by atoms with Crippen LogP contribution in [0, 0.1) is 5.92 Å². The van der Waals surface area contributed by atoms with Crippen molar-refractivity contribution in [2.24, 2.45) is 5.92 Å². The molecule has 0 aliphatic heterocycles. The number of rotatable bonds is 3. The summed E-state index contributed by atoms with van der Waals surface area (Å²) in [6.45, 7) is 0.461. The van der Waals surface area contributed by atoms with Gasteiger partial charge in [0.05, 0.1) is 5.60 Å². The van der Waals surface area contributed by atoms with E-state index in [0.29, 0.717) is 6.54 Å². The highest BCUT2D eigenvalue weighted by Gasteiger charge is 2.32. The number of hydrogen-bond acceptors (Lipinski definition) is 2. The van der Waals surface area contributed by atoms with E-state index in [1.165, 1.54) is 25.7 Å². The van der Waals surface area contributed by atoms with E-state index in [0.717, 1.165) is 38.5 Å². The Bertz CT molecular complexity index is 251. The molecule has 2 saturated carbocycles. The fraction of sp³-hybridized carbons (Fsp3) is 0.929. The molecule has 0 heterocycles. The first-order valence-corrected chi connectivity index (χ1v) is 7.20. The third-order valence-electron chi connectivity index (χ3n) is 4.35. The zero-order valence-electron chi connectivity index (χ0n) is 10.7. The monoisotopic (exact) mass is 239 g/mol. The molecule has 0 aromatic rings. The third-order valence-corrected chi connectivity index (χ3v) is 4.35. The van der Waals surface area contributed by atoms with Gasteiger partial charge in [0.2, 0.25) is 5.91 Å². The quantitative estimate of drug-likeness (QED) is 0.743. The van der Waals surface area contributed by atoms with Gasteiger partial charge in [-0.2, -0.15) is 0 Å². The van der Waals surface area contributed by atoms with Gasteiger partial charge in [-0.05, 0) is 25.7 Å². The Morgan fingerprint density at radius 3 is 2.24 bits per heavy atom. The van der Waals surface area contributed by atoms with Crippen molar-refractivity contribution in [1.29, 1.82) is 0 Å². The van der Waals surface area contributed by atoms with Crippen molar-refractivity contribution >= 4 is 5.91 Å². The molecule has 0 unspecified atom stereocenters. The highest BCUT2D eigenvalue weighted by molar-refractivity contribution is 5.78. The molecule has 0 atom stereocenters. The van der Waals surface area contributed by atoms with Gasteiger partial charge in [0.1, 0.15) is 0 Å². The van der Waals surface area contributed by atoms with Crippen LogP contribution in [0.5, 0.6) is 0 Å². The molecule has 0 aromatic carbocycles.